The van der Waals surface area contributed by atoms with Crippen molar-refractivity contribution >= 4 is 28.5 Å². The molecule has 0 aliphatic rings. The molecule has 2 heterocycles. The number of hydrogen-bond donors (Lipinski definition) is 1. The van der Waals surface area contributed by atoms with E-state index in [1.807, 2.05) is 29.8 Å². The molecule has 0 fully saturated rings. The van der Waals surface area contributed by atoms with Gasteiger partial charge in [0, 0.05) is 51.2 Å². The van der Waals surface area contributed by atoms with Crippen LogP contribution in [0.5, 0.6) is 11.5 Å². The summed E-state index contributed by atoms with van der Waals surface area (Å²) < 4.78 is 26.0. The lowest BCUT2D eigenvalue weighted by molar-refractivity contribution is 0.0958. The Morgan fingerprint density at radius 1 is 1.09 bits per heavy atom. The number of ketones is 1. The molecule has 4 aromatic rings. The van der Waals surface area contributed by atoms with Crippen molar-refractivity contribution < 1.29 is 18.7 Å². The van der Waals surface area contributed by atoms with Gasteiger partial charge in [0.15, 0.2) is 5.78 Å². The van der Waals surface area contributed by atoms with E-state index in [2.05, 4.69) is 15.3 Å². The van der Waals surface area contributed by atoms with Crippen molar-refractivity contribution in [1.82, 2.24) is 14.5 Å². The highest BCUT2D eigenvalue weighted by Gasteiger charge is 2.12. The van der Waals surface area contributed by atoms with Crippen molar-refractivity contribution in [3.63, 3.8) is 0 Å². The second-order valence-electron chi connectivity index (χ2n) is 7.28. The van der Waals surface area contributed by atoms with Crippen LogP contribution in [0.2, 0.25) is 0 Å². The minimum Gasteiger partial charge on any atom is -0.457 e. The maximum Gasteiger partial charge on any atom is 0.208 e. The average molecular weight is 434 g/mol. The normalized spacial score (nSPS) is 11.0. The highest BCUT2D eigenvalue weighted by Crippen LogP contribution is 2.28. The highest BCUT2D eigenvalue weighted by atomic mass is 19.1. The maximum atomic E-state index is 13.1. The third-order valence-electron chi connectivity index (χ3n) is 4.96. The van der Waals surface area contributed by atoms with E-state index in [9.17, 15) is 9.18 Å². The molecular formula is C24H23FN4O3. The average Bonchev–Trinajstić information content (AvgIpc) is 3.10. The van der Waals surface area contributed by atoms with Gasteiger partial charge in [0.1, 0.15) is 23.0 Å². The molecule has 0 radical (unpaired) electrons. The minimum atomic E-state index is -0.293. The number of nitrogens with one attached hydrogen (secondary N) is 1. The lowest BCUT2D eigenvalue weighted by Gasteiger charge is -2.07. The van der Waals surface area contributed by atoms with Gasteiger partial charge < -0.3 is 19.4 Å². The zero-order valence-corrected chi connectivity index (χ0v) is 17.8. The Labute approximate surface area is 184 Å². The van der Waals surface area contributed by atoms with Crippen LogP contribution in [0.4, 0.5) is 16.0 Å². The summed E-state index contributed by atoms with van der Waals surface area (Å²) in [6.07, 6.45) is 2.57. The minimum absolute atomic E-state index is 0.0517. The Balaban J connectivity index is 1.51. The lowest BCUT2D eigenvalue weighted by atomic mass is 10.1. The number of aryl methyl sites for hydroxylation is 1. The number of hydrogen-bond acceptors (Lipinski definition) is 6. The Hall–Kier alpha value is -3.78. The van der Waals surface area contributed by atoms with Gasteiger partial charge in [-0.05, 0) is 48.9 Å². The molecule has 0 saturated heterocycles. The molecule has 0 atom stereocenters. The number of rotatable bonds is 9. The van der Waals surface area contributed by atoms with Gasteiger partial charge in [-0.25, -0.2) is 9.37 Å². The van der Waals surface area contributed by atoms with Crippen LogP contribution in [0.15, 0.2) is 60.8 Å². The quantitative estimate of drug-likeness (QED) is 0.286. The molecule has 0 spiro atoms. The van der Waals surface area contributed by atoms with E-state index in [-0.39, 0.29) is 11.6 Å². The SMILES string of the molecule is COCCCC(=O)c1cc(Oc2ccc3c(c2)nc(Nc2ccc(F)cc2)n3C)ccn1. The summed E-state index contributed by atoms with van der Waals surface area (Å²) >= 11 is 0. The van der Waals surface area contributed by atoms with Gasteiger partial charge in [-0.3, -0.25) is 9.78 Å². The van der Waals surface area contributed by atoms with Crippen LogP contribution in [0.25, 0.3) is 11.0 Å². The van der Waals surface area contributed by atoms with Gasteiger partial charge >= 0.3 is 0 Å². The monoisotopic (exact) mass is 434 g/mol. The molecule has 2 aromatic heterocycles. The van der Waals surface area contributed by atoms with Crippen molar-refractivity contribution in [1.29, 1.82) is 0 Å². The van der Waals surface area contributed by atoms with Gasteiger partial charge in [-0.2, -0.15) is 0 Å². The molecule has 0 bridgehead atoms. The number of carbonyl (C=O) groups excluding carboxylic acids is 1. The molecule has 7 nitrogen and oxygen atoms in total. The fraction of sp³-hybridized carbons (Fsp3) is 0.208. The van der Waals surface area contributed by atoms with Crippen LogP contribution >= 0.6 is 0 Å². The fourth-order valence-electron chi connectivity index (χ4n) is 3.29. The van der Waals surface area contributed by atoms with Crippen molar-refractivity contribution in [2.75, 3.05) is 19.0 Å². The standard InChI is InChI=1S/C24H23FN4O3/c1-29-22-10-9-18(14-20(22)28-24(29)27-17-7-5-16(25)6-8-17)32-19-11-12-26-21(15-19)23(30)4-3-13-31-2/h5-12,14-15H,3-4,13H2,1-2H3,(H,27,28). The van der Waals surface area contributed by atoms with Gasteiger partial charge in [-0.1, -0.05) is 0 Å². The summed E-state index contributed by atoms with van der Waals surface area (Å²) in [5.74, 6) is 1.39. The molecule has 0 amide bonds. The van der Waals surface area contributed by atoms with E-state index in [0.29, 0.717) is 42.6 Å². The number of imidazole rings is 1. The molecule has 2 aromatic carbocycles. The number of pyridine rings is 1. The molecule has 164 valence electrons. The largest absolute Gasteiger partial charge is 0.457 e. The summed E-state index contributed by atoms with van der Waals surface area (Å²) in [4.78, 5) is 21.1. The van der Waals surface area contributed by atoms with E-state index in [1.165, 1.54) is 12.1 Å². The summed E-state index contributed by atoms with van der Waals surface area (Å²) in [5.41, 5.74) is 2.74. The zero-order valence-electron chi connectivity index (χ0n) is 17.8. The van der Waals surface area contributed by atoms with Crippen molar-refractivity contribution in [3.8, 4) is 11.5 Å². The molecule has 8 heteroatoms. The predicted molar refractivity (Wildman–Crippen MR) is 120 cm³/mol. The van der Waals surface area contributed by atoms with E-state index < -0.39 is 0 Å². The molecule has 0 aliphatic heterocycles. The number of aromatic nitrogens is 3. The van der Waals surface area contributed by atoms with Crippen molar-refractivity contribution in [2.24, 2.45) is 7.05 Å². The van der Waals surface area contributed by atoms with E-state index >= 15 is 0 Å². The molecule has 0 aliphatic carbocycles. The first-order chi connectivity index (χ1) is 15.5. The number of benzene rings is 2. The first-order valence-corrected chi connectivity index (χ1v) is 10.2. The number of carbonyl (C=O) groups is 1. The van der Waals surface area contributed by atoms with Crippen LogP contribution in [0, 0.1) is 5.82 Å². The van der Waals surface area contributed by atoms with E-state index in [0.717, 1.165) is 16.7 Å². The predicted octanol–water partition coefficient (Wildman–Crippen LogP) is 5.25. The maximum absolute atomic E-state index is 13.1. The Morgan fingerprint density at radius 3 is 2.66 bits per heavy atom. The number of anilines is 2. The molecule has 4 rings (SSSR count). The van der Waals surface area contributed by atoms with E-state index in [4.69, 9.17) is 9.47 Å². The Kier molecular flexibility index (Phi) is 6.42. The number of halogens is 1. The fourth-order valence-corrected chi connectivity index (χ4v) is 3.29. The second kappa shape index (κ2) is 9.57. The number of methoxy groups -OCH3 is 1. The van der Waals surface area contributed by atoms with Crippen LogP contribution in [0.1, 0.15) is 23.3 Å². The molecular weight excluding hydrogens is 411 g/mol. The summed E-state index contributed by atoms with van der Waals surface area (Å²) in [6.45, 7) is 0.532. The van der Waals surface area contributed by atoms with Gasteiger partial charge in [-0.15, -0.1) is 0 Å². The number of fused-ring (bicyclic) bond motifs is 1. The summed E-state index contributed by atoms with van der Waals surface area (Å²) in [5, 5.41) is 3.19. The molecule has 0 unspecified atom stereocenters. The lowest BCUT2D eigenvalue weighted by Crippen LogP contribution is -2.04. The number of nitrogens with zero attached hydrogens (tertiary/aromatic N) is 3. The first kappa shape index (κ1) is 21.5. The number of Topliss-reactive ketones (excluding diaryl/α,β-unsaturated/α-hetero) is 1. The number of ether oxygens (including phenoxy) is 2. The molecule has 32 heavy (non-hydrogen) atoms. The summed E-state index contributed by atoms with van der Waals surface area (Å²) in [7, 11) is 3.50. The van der Waals surface area contributed by atoms with Crippen LogP contribution in [-0.2, 0) is 11.8 Å². The van der Waals surface area contributed by atoms with Crippen LogP contribution in [-0.4, -0.2) is 34.0 Å². The van der Waals surface area contributed by atoms with Crippen LogP contribution in [0.3, 0.4) is 0 Å². The first-order valence-electron chi connectivity index (χ1n) is 10.2. The third-order valence-corrected chi connectivity index (χ3v) is 4.96. The molecule has 0 saturated carbocycles. The van der Waals surface area contributed by atoms with E-state index in [1.54, 1.807) is 37.6 Å². The zero-order chi connectivity index (χ0) is 22.5. The van der Waals surface area contributed by atoms with Gasteiger partial charge in [0.05, 0.1) is 11.0 Å². The van der Waals surface area contributed by atoms with Crippen molar-refractivity contribution in [2.45, 2.75) is 12.8 Å². The third kappa shape index (κ3) is 4.92. The van der Waals surface area contributed by atoms with Crippen molar-refractivity contribution in [3.05, 3.63) is 72.3 Å². The smallest absolute Gasteiger partial charge is 0.208 e. The topological polar surface area (TPSA) is 78.3 Å². The van der Waals surface area contributed by atoms with Gasteiger partial charge in [0.25, 0.3) is 0 Å². The highest BCUT2D eigenvalue weighted by molar-refractivity contribution is 5.94. The second-order valence-corrected chi connectivity index (χ2v) is 7.28. The Bertz CT molecular complexity index is 1240. The Morgan fingerprint density at radius 2 is 1.88 bits per heavy atom. The molecule has 1 N–H and O–H groups in total. The van der Waals surface area contributed by atoms with Gasteiger partial charge in [0.2, 0.25) is 5.95 Å². The summed E-state index contributed by atoms with van der Waals surface area (Å²) in [6, 6.07) is 15.0. The van der Waals surface area contributed by atoms with Crippen LogP contribution < -0.4 is 10.1 Å².